The van der Waals surface area contributed by atoms with Gasteiger partial charge in [0.2, 0.25) is 0 Å². The van der Waals surface area contributed by atoms with Crippen LogP contribution in [0.5, 0.6) is 5.75 Å². The smallest absolute Gasteiger partial charge is 0.405 e. The molecule has 3 rings (SSSR count). The Morgan fingerprint density at radius 2 is 2.03 bits per heavy atom. The van der Waals surface area contributed by atoms with Gasteiger partial charge in [-0.25, -0.2) is 14.8 Å². The van der Waals surface area contributed by atoms with E-state index in [4.69, 9.17) is 15.2 Å². The molecule has 154 valence electrons. The molecule has 0 saturated heterocycles. The number of carbonyl (C=O) groups excluding carboxylic acids is 1. The Morgan fingerprint density at radius 3 is 2.69 bits per heavy atom. The largest absolute Gasteiger partial charge is 0.489 e. The first kappa shape index (κ1) is 20.6. The van der Waals surface area contributed by atoms with Crippen LogP contribution >= 0.6 is 0 Å². The topological polar surface area (TPSA) is 103 Å². The number of benzene rings is 1. The highest BCUT2D eigenvalue weighted by Gasteiger charge is 2.30. The lowest BCUT2D eigenvalue weighted by molar-refractivity contribution is -0.0187. The second-order valence-corrected chi connectivity index (χ2v) is 8.12. The lowest BCUT2D eigenvalue weighted by Crippen LogP contribution is -2.41. The van der Waals surface area contributed by atoms with Crippen molar-refractivity contribution >= 4 is 17.3 Å². The van der Waals surface area contributed by atoms with Crippen molar-refractivity contribution in [3.8, 4) is 16.9 Å². The van der Waals surface area contributed by atoms with Crippen molar-refractivity contribution in [3.05, 3.63) is 41.9 Å². The number of fused-ring (bicyclic) bond motifs is 1. The van der Waals surface area contributed by atoms with Gasteiger partial charge >= 0.3 is 6.09 Å². The summed E-state index contributed by atoms with van der Waals surface area (Å²) in [4.78, 5) is 23.4. The summed E-state index contributed by atoms with van der Waals surface area (Å²) in [7, 11) is 0. The highest BCUT2D eigenvalue weighted by molar-refractivity contribution is 5.89. The molecule has 1 amide bonds. The van der Waals surface area contributed by atoms with E-state index in [0.29, 0.717) is 12.3 Å². The van der Waals surface area contributed by atoms with Gasteiger partial charge < -0.3 is 20.2 Å². The Labute approximate surface area is 170 Å². The third kappa shape index (κ3) is 4.85. The van der Waals surface area contributed by atoms with Crippen LogP contribution in [0.1, 0.15) is 38.6 Å². The molecular formula is C22H28N4O3. The standard InChI is InChI=1S/C22H28N4O3/c1-13(2)11-22(5,29-21(23)27)12-28-18-7-6-16(10-14(18)3)17-8-9-24-20-19(17)25-15(4)26-20/h6-10,13H,11-12H2,1-5H3,(H2,23,27)(H,24,25,26). The number of amides is 1. The van der Waals surface area contributed by atoms with E-state index in [0.717, 1.165) is 39.4 Å². The summed E-state index contributed by atoms with van der Waals surface area (Å²) in [5.74, 6) is 1.90. The molecular weight excluding hydrogens is 368 g/mol. The zero-order valence-corrected chi connectivity index (χ0v) is 17.6. The summed E-state index contributed by atoms with van der Waals surface area (Å²) in [6, 6.07) is 7.94. The number of pyridine rings is 1. The Bertz CT molecular complexity index is 1030. The molecule has 1 unspecified atom stereocenters. The van der Waals surface area contributed by atoms with Crippen LogP contribution in [0.3, 0.4) is 0 Å². The fraction of sp³-hybridized carbons (Fsp3) is 0.409. The number of aromatic nitrogens is 3. The Balaban J connectivity index is 1.83. The molecule has 0 aliphatic carbocycles. The van der Waals surface area contributed by atoms with Crippen molar-refractivity contribution in [3.63, 3.8) is 0 Å². The van der Waals surface area contributed by atoms with Gasteiger partial charge in [-0.2, -0.15) is 0 Å². The predicted molar refractivity (Wildman–Crippen MR) is 113 cm³/mol. The number of nitrogens with zero attached hydrogens (tertiary/aromatic N) is 2. The average molecular weight is 396 g/mol. The van der Waals surface area contributed by atoms with E-state index in [-0.39, 0.29) is 6.61 Å². The molecule has 0 radical (unpaired) electrons. The van der Waals surface area contributed by atoms with E-state index in [1.54, 1.807) is 6.20 Å². The number of H-pyrrole nitrogens is 1. The van der Waals surface area contributed by atoms with E-state index in [2.05, 4.69) is 34.9 Å². The number of hydrogen-bond donors (Lipinski definition) is 2. The Hall–Kier alpha value is -3.09. The third-order valence-electron chi connectivity index (χ3n) is 4.71. The van der Waals surface area contributed by atoms with Gasteiger partial charge in [-0.15, -0.1) is 0 Å². The third-order valence-corrected chi connectivity index (χ3v) is 4.71. The van der Waals surface area contributed by atoms with Crippen LogP contribution in [-0.4, -0.2) is 33.3 Å². The van der Waals surface area contributed by atoms with Crippen molar-refractivity contribution in [2.75, 3.05) is 6.61 Å². The lowest BCUT2D eigenvalue weighted by atomic mass is 9.95. The van der Waals surface area contributed by atoms with Gasteiger partial charge in [0, 0.05) is 11.8 Å². The van der Waals surface area contributed by atoms with Crippen LogP contribution in [0.25, 0.3) is 22.3 Å². The maximum absolute atomic E-state index is 11.3. The number of nitrogens with one attached hydrogen (secondary N) is 1. The summed E-state index contributed by atoms with van der Waals surface area (Å²) in [5, 5.41) is 0. The summed E-state index contributed by atoms with van der Waals surface area (Å²) in [6.45, 7) is 10.1. The normalized spacial score (nSPS) is 13.4. The number of ether oxygens (including phenoxy) is 2. The van der Waals surface area contributed by atoms with Crippen LogP contribution in [-0.2, 0) is 4.74 Å². The molecule has 0 fully saturated rings. The summed E-state index contributed by atoms with van der Waals surface area (Å²) >= 11 is 0. The van der Waals surface area contributed by atoms with E-state index in [1.807, 2.05) is 39.0 Å². The van der Waals surface area contributed by atoms with Crippen LogP contribution in [0.15, 0.2) is 30.5 Å². The van der Waals surface area contributed by atoms with Gasteiger partial charge in [0.05, 0.1) is 0 Å². The molecule has 2 aromatic heterocycles. The molecule has 7 nitrogen and oxygen atoms in total. The first-order valence-corrected chi connectivity index (χ1v) is 9.70. The van der Waals surface area contributed by atoms with Crippen molar-refractivity contribution in [2.24, 2.45) is 11.7 Å². The minimum Gasteiger partial charge on any atom is -0.489 e. The lowest BCUT2D eigenvalue weighted by Gasteiger charge is -2.30. The molecule has 0 saturated carbocycles. The Kier molecular flexibility index (Phi) is 5.77. The number of aromatic amines is 1. The number of hydrogen-bond acceptors (Lipinski definition) is 5. The molecule has 3 N–H and O–H groups in total. The van der Waals surface area contributed by atoms with Gasteiger partial charge in [-0.3, -0.25) is 0 Å². The van der Waals surface area contributed by atoms with E-state index in [1.165, 1.54) is 0 Å². The quantitative estimate of drug-likeness (QED) is 0.611. The molecule has 1 atom stereocenters. The van der Waals surface area contributed by atoms with E-state index in [9.17, 15) is 4.79 Å². The maximum Gasteiger partial charge on any atom is 0.405 e. The van der Waals surface area contributed by atoms with Crippen molar-refractivity contribution in [1.29, 1.82) is 0 Å². The second-order valence-electron chi connectivity index (χ2n) is 8.12. The van der Waals surface area contributed by atoms with Gasteiger partial charge in [-0.05, 0) is 62.4 Å². The predicted octanol–water partition coefficient (Wildman–Crippen LogP) is 4.52. The molecule has 0 bridgehead atoms. The van der Waals surface area contributed by atoms with Crippen molar-refractivity contribution in [1.82, 2.24) is 15.0 Å². The van der Waals surface area contributed by atoms with Crippen LogP contribution in [0.4, 0.5) is 4.79 Å². The minimum absolute atomic E-state index is 0.229. The minimum atomic E-state index is -0.792. The fourth-order valence-corrected chi connectivity index (χ4v) is 3.70. The summed E-state index contributed by atoms with van der Waals surface area (Å²) in [5.41, 5.74) is 9.11. The molecule has 1 aromatic carbocycles. The van der Waals surface area contributed by atoms with Crippen LogP contribution in [0.2, 0.25) is 0 Å². The number of carbonyl (C=O) groups is 1. The molecule has 0 spiro atoms. The van der Waals surface area contributed by atoms with Crippen LogP contribution in [0, 0.1) is 19.8 Å². The molecule has 0 aliphatic rings. The SMILES string of the molecule is Cc1nc2c(-c3ccc(OCC(C)(CC(C)C)OC(N)=O)c(C)c3)ccnc2[nH]1. The van der Waals surface area contributed by atoms with Gasteiger partial charge in [0.15, 0.2) is 5.65 Å². The fourth-order valence-electron chi connectivity index (χ4n) is 3.70. The van der Waals surface area contributed by atoms with E-state index < -0.39 is 11.7 Å². The zero-order chi connectivity index (χ0) is 21.2. The first-order chi connectivity index (χ1) is 13.7. The maximum atomic E-state index is 11.3. The summed E-state index contributed by atoms with van der Waals surface area (Å²) in [6.07, 6.45) is 1.63. The molecule has 3 aromatic rings. The summed E-state index contributed by atoms with van der Waals surface area (Å²) < 4.78 is 11.4. The molecule has 2 heterocycles. The molecule has 7 heteroatoms. The number of rotatable bonds is 7. The van der Waals surface area contributed by atoms with Crippen molar-refractivity contribution in [2.45, 2.75) is 46.6 Å². The van der Waals surface area contributed by atoms with Gasteiger partial charge in [-0.1, -0.05) is 19.9 Å². The highest BCUT2D eigenvalue weighted by atomic mass is 16.6. The average Bonchev–Trinajstić information content (AvgIpc) is 2.99. The second kappa shape index (κ2) is 8.11. The number of imidazole rings is 1. The first-order valence-electron chi connectivity index (χ1n) is 9.70. The monoisotopic (exact) mass is 396 g/mol. The molecule has 0 aliphatic heterocycles. The Morgan fingerprint density at radius 1 is 1.28 bits per heavy atom. The zero-order valence-electron chi connectivity index (χ0n) is 17.6. The van der Waals surface area contributed by atoms with E-state index >= 15 is 0 Å². The van der Waals surface area contributed by atoms with Gasteiger partial charge in [0.25, 0.3) is 0 Å². The highest BCUT2D eigenvalue weighted by Crippen LogP contribution is 2.31. The molecule has 29 heavy (non-hydrogen) atoms. The number of primary amides is 1. The number of aryl methyl sites for hydroxylation is 2. The van der Waals surface area contributed by atoms with Crippen molar-refractivity contribution < 1.29 is 14.3 Å². The van der Waals surface area contributed by atoms with Crippen LogP contribution < -0.4 is 10.5 Å². The van der Waals surface area contributed by atoms with Gasteiger partial charge in [0.1, 0.15) is 29.3 Å². The number of nitrogens with two attached hydrogens (primary N) is 1.